The summed E-state index contributed by atoms with van der Waals surface area (Å²) in [6.07, 6.45) is 0. The van der Waals surface area contributed by atoms with Gasteiger partial charge in [0, 0.05) is 17.6 Å². The van der Waals surface area contributed by atoms with Gasteiger partial charge in [-0.1, -0.05) is 23.2 Å². The summed E-state index contributed by atoms with van der Waals surface area (Å²) in [6, 6.07) is 3.23. The van der Waals surface area contributed by atoms with Crippen LogP contribution < -0.4 is 5.56 Å². The maximum Gasteiger partial charge on any atom is 0.278 e. The standard InChI is InChI=1S/C13H12Cl2N2O2/c1-6-4-8(14)5-9(15)10(6)11-12(18)7(2)16-17(3)13(11)19/h4-5,18H,1-3H3. The number of hydrogen-bond donors (Lipinski definition) is 1. The summed E-state index contributed by atoms with van der Waals surface area (Å²) in [5.74, 6) is -0.157. The third-order valence-corrected chi connectivity index (χ3v) is 3.41. The predicted molar refractivity (Wildman–Crippen MR) is 76.1 cm³/mol. The molecule has 2 aromatic rings. The summed E-state index contributed by atoms with van der Waals surface area (Å²) in [5.41, 5.74) is 1.30. The molecule has 0 atom stereocenters. The third kappa shape index (κ3) is 2.33. The largest absolute Gasteiger partial charge is 0.505 e. The van der Waals surface area contributed by atoms with E-state index in [0.717, 1.165) is 5.56 Å². The lowest BCUT2D eigenvalue weighted by Gasteiger charge is -2.12. The van der Waals surface area contributed by atoms with Crippen LogP contribution >= 0.6 is 23.2 Å². The maximum atomic E-state index is 12.2. The lowest BCUT2D eigenvalue weighted by molar-refractivity contribution is 0.460. The molecule has 0 saturated heterocycles. The number of rotatable bonds is 1. The number of aromatic hydroxyl groups is 1. The van der Waals surface area contributed by atoms with E-state index in [0.29, 0.717) is 21.3 Å². The molecule has 0 spiro atoms. The van der Waals surface area contributed by atoms with Crippen molar-refractivity contribution in [2.75, 3.05) is 0 Å². The van der Waals surface area contributed by atoms with Gasteiger partial charge in [-0.25, -0.2) is 4.68 Å². The Bertz CT molecular complexity index is 700. The molecule has 0 fully saturated rings. The van der Waals surface area contributed by atoms with E-state index in [2.05, 4.69) is 5.10 Å². The molecular formula is C13H12Cl2N2O2. The van der Waals surface area contributed by atoms with Gasteiger partial charge < -0.3 is 5.11 Å². The first-order chi connectivity index (χ1) is 8.82. The summed E-state index contributed by atoms with van der Waals surface area (Å²) >= 11 is 12.1. The minimum atomic E-state index is -0.407. The highest BCUT2D eigenvalue weighted by Crippen LogP contribution is 2.36. The van der Waals surface area contributed by atoms with E-state index in [4.69, 9.17) is 23.2 Å². The predicted octanol–water partition coefficient (Wildman–Crippen LogP) is 3.08. The molecule has 0 aliphatic carbocycles. The quantitative estimate of drug-likeness (QED) is 0.880. The van der Waals surface area contributed by atoms with Gasteiger partial charge in [-0.2, -0.15) is 5.10 Å². The Morgan fingerprint density at radius 3 is 2.42 bits per heavy atom. The minimum absolute atomic E-state index is 0.147. The second-order valence-corrected chi connectivity index (χ2v) is 5.16. The van der Waals surface area contributed by atoms with Crippen LogP contribution in [0, 0.1) is 13.8 Å². The summed E-state index contributed by atoms with van der Waals surface area (Å²) in [4.78, 5) is 12.2. The van der Waals surface area contributed by atoms with E-state index >= 15 is 0 Å². The Morgan fingerprint density at radius 2 is 1.84 bits per heavy atom. The number of aryl methyl sites for hydroxylation is 3. The van der Waals surface area contributed by atoms with Gasteiger partial charge in [0.25, 0.3) is 5.56 Å². The van der Waals surface area contributed by atoms with Crippen LogP contribution in [0.15, 0.2) is 16.9 Å². The van der Waals surface area contributed by atoms with E-state index < -0.39 is 5.56 Å². The van der Waals surface area contributed by atoms with Crippen molar-refractivity contribution in [2.24, 2.45) is 7.05 Å². The number of halogens is 2. The van der Waals surface area contributed by atoms with Gasteiger partial charge >= 0.3 is 0 Å². The Balaban J connectivity index is 2.91. The van der Waals surface area contributed by atoms with Crippen LogP contribution in [0.5, 0.6) is 5.75 Å². The van der Waals surface area contributed by atoms with E-state index in [9.17, 15) is 9.90 Å². The number of nitrogens with zero attached hydrogens (tertiary/aromatic N) is 2. The molecule has 1 heterocycles. The lowest BCUT2D eigenvalue weighted by atomic mass is 10.0. The van der Waals surface area contributed by atoms with Crippen molar-refractivity contribution in [3.8, 4) is 16.9 Å². The number of aromatic nitrogens is 2. The summed E-state index contributed by atoms with van der Waals surface area (Å²) < 4.78 is 1.18. The molecule has 19 heavy (non-hydrogen) atoms. The van der Waals surface area contributed by atoms with Gasteiger partial charge in [0.2, 0.25) is 0 Å². The molecule has 1 aromatic carbocycles. The van der Waals surface area contributed by atoms with Gasteiger partial charge in [-0.15, -0.1) is 0 Å². The molecule has 100 valence electrons. The highest BCUT2D eigenvalue weighted by molar-refractivity contribution is 6.36. The molecular weight excluding hydrogens is 287 g/mol. The summed E-state index contributed by atoms with van der Waals surface area (Å²) in [7, 11) is 1.53. The molecule has 6 heteroatoms. The van der Waals surface area contributed by atoms with Crippen LogP contribution in [0.4, 0.5) is 0 Å². The van der Waals surface area contributed by atoms with Crippen molar-refractivity contribution in [2.45, 2.75) is 13.8 Å². The molecule has 4 nitrogen and oxygen atoms in total. The van der Waals surface area contributed by atoms with E-state index in [1.807, 2.05) is 0 Å². The van der Waals surface area contributed by atoms with Crippen LogP contribution in [0.25, 0.3) is 11.1 Å². The first-order valence-corrected chi connectivity index (χ1v) is 6.31. The minimum Gasteiger partial charge on any atom is -0.505 e. The SMILES string of the molecule is Cc1cc(Cl)cc(Cl)c1-c1c(O)c(C)nn(C)c1=O. The lowest BCUT2D eigenvalue weighted by Crippen LogP contribution is -2.22. The molecule has 0 aliphatic rings. The Kier molecular flexibility index (Phi) is 3.56. The Hall–Kier alpha value is -1.52. The first kappa shape index (κ1) is 13.9. The van der Waals surface area contributed by atoms with E-state index in [-0.39, 0.29) is 11.3 Å². The van der Waals surface area contributed by atoms with Gasteiger partial charge in [0.15, 0.2) is 5.75 Å². The van der Waals surface area contributed by atoms with Crippen molar-refractivity contribution in [3.63, 3.8) is 0 Å². The molecule has 0 radical (unpaired) electrons. The number of benzene rings is 1. The average molecular weight is 299 g/mol. The van der Waals surface area contributed by atoms with E-state index in [1.165, 1.54) is 11.7 Å². The zero-order valence-electron chi connectivity index (χ0n) is 10.7. The fourth-order valence-electron chi connectivity index (χ4n) is 2.01. The van der Waals surface area contributed by atoms with Crippen LogP contribution in [0.3, 0.4) is 0 Å². The topological polar surface area (TPSA) is 55.1 Å². The van der Waals surface area contributed by atoms with Gasteiger partial charge in [-0.05, 0) is 31.5 Å². The summed E-state index contributed by atoms with van der Waals surface area (Å²) in [6.45, 7) is 3.40. The zero-order valence-corrected chi connectivity index (χ0v) is 12.2. The fourth-order valence-corrected chi connectivity index (χ4v) is 2.70. The monoisotopic (exact) mass is 298 g/mol. The van der Waals surface area contributed by atoms with Crippen molar-refractivity contribution in [1.82, 2.24) is 9.78 Å². The average Bonchev–Trinajstić information content (AvgIpc) is 2.30. The second-order valence-electron chi connectivity index (χ2n) is 4.32. The molecule has 0 bridgehead atoms. The number of hydrogen-bond acceptors (Lipinski definition) is 3. The Labute approximate surface area is 120 Å². The normalized spacial score (nSPS) is 10.8. The molecule has 0 saturated carbocycles. The molecule has 0 aliphatic heterocycles. The molecule has 1 N–H and O–H groups in total. The van der Waals surface area contributed by atoms with E-state index in [1.54, 1.807) is 26.0 Å². The highest BCUT2D eigenvalue weighted by atomic mass is 35.5. The van der Waals surface area contributed by atoms with Crippen molar-refractivity contribution < 1.29 is 5.11 Å². The molecule has 1 aromatic heterocycles. The van der Waals surface area contributed by atoms with Crippen molar-refractivity contribution in [1.29, 1.82) is 0 Å². The van der Waals surface area contributed by atoms with Crippen molar-refractivity contribution >= 4 is 23.2 Å². The first-order valence-electron chi connectivity index (χ1n) is 5.55. The van der Waals surface area contributed by atoms with Gasteiger partial charge in [0.1, 0.15) is 5.69 Å². The summed E-state index contributed by atoms with van der Waals surface area (Å²) in [5, 5.41) is 14.8. The maximum absolute atomic E-state index is 12.2. The van der Waals surface area contributed by atoms with Gasteiger partial charge in [-0.3, -0.25) is 4.79 Å². The Morgan fingerprint density at radius 1 is 1.21 bits per heavy atom. The van der Waals surface area contributed by atoms with Crippen LogP contribution in [-0.2, 0) is 7.05 Å². The van der Waals surface area contributed by atoms with Crippen LogP contribution in [0.2, 0.25) is 10.0 Å². The highest BCUT2D eigenvalue weighted by Gasteiger charge is 2.19. The third-order valence-electron chi connectivity index (χ3n) is 2.89. The van der Waals surface area contributed by atoms with Gasteiger partial charge in [0.05, 0.1) is 10.6 Å². The zero-order chi connectivity index (χ0) is 14.3. The smallest absolute Gasteiger partial charge is 0.278 e. The van der Waals surface area contributed by atoms with Crippen LogP contribution in [0.1, 0.15) is 11.3 Å². The molecule has 0 amide bonds. The van der Waals surface area contributed by atoms with Crippen molar-refractivity contribution in [3.05, 3.63) is 43.8 Å². The fraction of sp³-hybridized carbons (Fsp3) is 0.231. The van der Waals surface area contributed by atoms with Crippen LogP contribution in [-0.4, -0.2) is 14.9 Å². The second kappa shape index (κ2) is 4.87. The molecule has 2 rings (SSSR count). The molecule has 0 unspecified atom stereocenters.